The molecule has 1 fully saturated rings. The topological polar surface area (TPSA) is 75.7 Å². The highest BCUT2D eigenvalue weighted by molar-refractivity contribution is 7.93. The average Bonchev–Trinajstić information content (AvgIpc) is 3.26. The summed E-state index contributed by atoms with van der Waals surface area (Å²) >= 11 is 1.14. The second kappa shape index (κ2) is 7.05. The van der Waals surface area contributed by atoms with Crippen LogP contribution in [0.2, 0.25) is 0 Å². The molecule has 0 bridgehead atoms. The highest BCUT2D eigenvalue weighted by Gasteiger charge is 2.31. The number of carbonyl (C=O) groups excluding carboxylic acids is 1. The van der Waals surface area contributed by atoms with Gasteiger partial charge in [0.25, 0.3) is 15.9 Å². The maximum Gasteiger partial charge on any atom is 0.265 e. The largest absolute Gasteiger partial charge is 0.494 e. The molecule has 6 nitrogen and oxygen atoms in total. The first-order valence-corrected chi connectivity index (χ1v) is 10.4. The van der Waals surface area contributed by atoms with Gasteiger partial charge in [-0.05, 0) is 55.5 Å². The Morgan fingerprint density at radius 3 is 2.56 bits per heavy atom. The Hall–Kier alpha value is -2.06. The molecule has 1 aromatic carbocycles. The van der Waals surface area contributed by atoms with E-state index in [4.69, 9.17) is 4.74 Å². The molecule has 1 amide bonds. The van der Waals surface area contributed by atoms with Crippen molar-refractivity contribution in [2.24, 2.45) is 0 Å². The molecule has 1 aromatic heterocycles. The summed E-state index contributed by atoms with van der Waals surface area (Å²) in [4.78, 5) is 12.6. The summed E-state index contributed by atoms with van der Waals surface area (Å²) in [7, 11) is -2.35. The second-order valence-electron chi connectivity index (χ2n) is 5.76. The van der Waals surface area contributed by atoms with E-state index in [1.807, 2.05) is 6.92 Å². The summed E-state index contributed by atoms with van der Waals surface area (Å²) in [5.74, 6) is 0.355. The molecule has 3 rings (SSSR count). The zero-order valence-corrected chi connectivity index (χ0v) is 15.7. The minimum atomic E-state index is -3.82. The summed E-state index contributed by atoms with van der Waals surface area (Å²) < 4.78 is 32.5. The molecule has 1 aliphatic rings. The number of nitrogens with one attached hydrogen (secondary N) is 1. The van der Waals surface area contributed by atoms with Crippen molar-refractivity contribution in [3.63, 3.8) is 0 Å². The van der Waals surface area contributed by atoms with Gasteiger partial charge in [0.15, 0.2) is 0 Å². The monoisotopic (exact) mass is 380 g/mol. The number of ether oxygens (including phenoxy) is 1. The van der Waals surface area contributed by atoms with Gasteiger partial charge in [-0.25, -0.2) is 8.42 Å². The smallest absolute Gasteiger partial charge is 0.265 e. The number of sulfonamides is 1. The molecule has 2 aromatic rings. The first-order chi connectivity index (χ1) is 11.9. The van der Waals surface area contributed by atoms with Crippen molar-refractivity contribution in [3.8, 4) is 5.75 Å². The van der Waals surface area contributed by atoms with Crippen LogP contribution in [0.5, 0.6) is 5.75 Å². The van der Waals surface area contributed by atoms with Crippen molar-refractivity contribution in [2.75, 3.05) is 18.0 Å². The standard InChI is InChI=1S/C17H20N2O4S2/c1-3-23-14-8-6-13(7-9-14)19(2)25(21,22)15-10-11-24-16(15)17(20)18-12-4-5-12/h6-12H,3-5H2,1-2H3,(H,18,20). The summed E-state index contributed by atoms with van der Waals surface area (Å²) in [6, 6.07) is 8.46. The zero-order chi connectivity index (χ0) is 18.0. The number of benzene rings is 1. The predicted octanol–water partition coefficient (Wildman–Crippen LogP) is 2.86. The minimum Gasteiger partial charge on any atom is -0.494 e. The minimum absolute atomic E-state index is 0.0343. The van der Waals surface area contributed by atoms with Gasteiger partial charge in [-0.15, -0.1) is 11.3 Å². The maximum absolute atomic E-state index is 13.0. The molecule has 0 saturated heterocycles. The molecule has 0 atom stereocenters. The molecular formula is C17H20N2O4S2. The van der Waals surface area contributed by atoms with Crippen LogP contribution in [0.3, 0.4) is 0 Å². The van der Waals surface area contributed by atoms with Gasteiger partial charge in [0, 0.05) is 13.1 Å². The van der Waals surface area contributed by atoms with Gasteiger partial charge in [-0.3, -0.25) is 9.10 Å². The van der Waals surface area contributed by atoms with Crippen molar-refractivity contribution < 1.29 is 17.9 Å². The highest BCUT2D eigenvalue weighted by Crippen LogP contribution is 2.29. The fourth-order valence-electron chi connectivity index (χ4n) is 2.35. The van der Waals surface area contributed by atoms with Gasteiger partial charge in [0.2, 0.25) is 0 Å². The fourth-order valence-corrected chi connectivity index (χ4v) is 4.85. The predicted molar refractivity (Wildman–Crippen MR) is 98.0 cm³/mol. The normalized spacial score (nSPS) is 14.2. The number of hydrogen-bond acceptors (Lipinski definition) is 5. The van der Waals surface area contributed by atoms with Crippen molar-refractivity contribution in [2.45, 2.75) is 30.7 Å². The molecule has 25 heavy (non-hydrogen) atoms. The molecule has 1 heterocycles. The lowest BCUT2D eigenvalue weighted by Crippen LogP contribution is -2.30. The average molecular weight is 380 g/mol. The van der Waals surface area contributed by atoms with Crippen LogP contribution in [0.4, 0.5) is 5.69 Å². The molecule has 0 radical (unpaired) electrons. The summed E-state index contributed by atoms with van der Waals surface area (Å²) in [5, 5.41) is 4.47. The zero-order valence-electron chi connectivity index (χ0n) is 14.1. The lowest BCUT2D eigenvalue weighted by molar-refractivity contribution is 0.0952. The Morgan fingerprint density at radius 2 is 1.96 bits per heavy atom. The first-order valence-electron chi connectivity index (χ1n) is 8.03. The number of rotatable bonds is 7. The van der Waals surface area contributed by atoms with Crippen LogP contribution < -0.4 is 14.4 Å². The number of anilines is 1. The number of hydrogen-bond donors (Lipinski definition) is 1. The molecule has 0 unspecified atom stereocenters. The molecule has 8 heteroatoms. The van der Waals surface area contributed by atoms with Crippen LogP contribution in [0.1, 0.15) is 29.4 Å². The van der Waals surface area contributed by atoms with E-state index < -0.39 is 10.0 Å². The fraction of sp³-hybridized carbons (Fsp3) is 0.353. The molecule has 0 aliphatic heterocycles. The van der Waals surface area contributed by atoms with E-state index in [1.54, 1.807) is 29.6 Å². The van der Waals surface area contributed by atoms with Crippen molar-refractivity contribution in [1.82, 2.24) is 5.32 Å². The van der Waals surface area contributed by atoms with E-state index >= 15 is 0 Å². The third kappa shape index (κ3) is 3.80. The molecule has 134 valence electrons. The first kappa shape index (κ1) is 17.8. The van der Waals surface area contributed by atoms with Crippen molar-refractivity contribution in [1.29, 1.82) is 0 Å². The van der Waals surface area contributed by atoms with Gasteiger partial charge >= 0.3 is 0 Å². The van der Waals surface area contributed by atoms with Gasteiger partial charge in [-0.2, -0.15) is 0 Å². The summed E-state index contributed by atoms with van der Waals surface area (Å²) in [6.07, 6.45) is 1.90. The van der Waals surface area contributed by atoms with Crippen LogP contribution in [-0.2, 0) is 10.0 Å². The number of thiophene rings is 1. The van der Waals surface area contributed by atoms with Crippen LogP contribution in [0.15, 0.2) is 40.6 Å². The lowest BCUT2D eigenvalue weighted by atomic mass is 10.3. The van der Waals surface area contributed by atoms with E-state index in [2.05, 4.69) is 5.32 Å². The Bertz CT molecular complexity index is 855. The van der Waals surface area contributed by atoms with E-state index in [9.17, 15) is 13.2 Å². The molecule has 1 aliphatic carbocycles. The highest BCUT2D eigenvalue weighted by atomic mass is 32.2. The molecule has 1 saturated carbocycles. The van der Waals surface area contributed by atoms with E-state index in [0.29, 0.717) is 18.0 Å². The number of carbonyl (C=O) groups is 1. The maximum atomic E-state index is 13.0. The van der Waals surface area contributed by atoms with Gasteiger partial charge in [-0.1, -0.05) is 0 Å². The summed E-state index contributed by atoms with van der Waals surface area (Å²) in [5.41, 5.74) is 0.503. The Kier molecular flexibility index (Phi) is 5.01. The van der Waals surface area contributed by atoms with Gasteiger partial charge in [0.05, 0.1) is 12.3 Å². The van der Waals surface area contributed by atoms with Crippen LogP contribution >= 0.6 is 11.3 Å². The number of nitrogens with zero attached hydrogens (tertiary/aromatic N) is 1. The Morgan fingerprint density at radius 1 is 1.28 bits per heavy atom. The SMILES string of the molecule is CCOc1ccc(N(C)S(=O)(=O)c2ccsc2C(=O)NC2CC2)cc1. The van der Waals surface area contributed by atoms with Gasteiger partial charge in [0.1, 0.15) is 15.5 Å². The van der Waals surface area contributed by atoms with Crippen LogP contribution in [-0.4, -0.2) is 34.0 Å². The van der Waals surface area contributed by atoms with E-state index in [1.165, 1.54) is 17.4 Å². The Labute approximate surface area is 151 Å². The third-order valence-electron chi connectivity index (χ3n) is 3.90. The van der Waals surface area contributed by atoms with Gasteiger partial charge < -0.3 is 10.1 Å². The molecule has 0 spiro atoms. The quantitative estimate of drug-likeness (QED) is 0.801. The van der Waals surface area contributed by atoms with Crippen LogP contribution in [0, 0.1) is 0 Å². The lowest BCUT2D eigenvalue weighted by Gasteiger charge is -2.20. The van der Waals surface area contributed by atoms with E-state index in [0.717, 1.165) is 24.2 Å². The molecule has 1 N–H and O–H groups in total. The van der Waals surface area contributed by atoms with Crippen LogP contribution in [0.25, 0.3) is 0 Å². The summed E-state index contributed by atoms with van der Waals surface area (Å²) in [6.45, 7) is 2.43. The van der Waals surface area contributed by atoms with Crippen molar-refractivity contribution in [3.05, 3.63) is 40.6 Å². The second-order valence-corrected chi connectivity index (χ2v) is 8.61. The van der Waals surface area contributed by atoms with Crippen molar-refractivity contribution >= 4 is 33.0 Å². The third-order valence-corrected chi connectivity index (χ3v) is 6.77. The number of amides is 1. The molecular weight excluding hydrogens is 360 g/mol. The Balaban J connectivity index is 1.85. The van der Waals surface area contributed by atoms with E-state index in [-0.39, 0.29) is 21.7 Å².